The van der Waals surface area contributed by atoms with Crippen molar-refractivity contribution in [3.05, 3.63) is 79.9 Å². The van der Waals surface area contributed by atoms with E-state index in [-0.39, 0.29) is 21.8 Å². The summed E-state index contributed by atoms with van der Waals surface area (Å²) in [6.45, 7) is 0. The fourth-order valence-electron chi connectivity index (χ4n) is 2.46. The first kappa shape index (κ1) is 12.5. The minimum Gasteiger partial charge on any atom is -0.267 e. The molecule has 2 aliphatic rings. The average Bonchev–Trinajstić information content (AvgIpc) is 3.09. The lowest BCUT2D eigenvalue weighted by Crippen LogP contribution is -2.05. The van der Waals surface area contributed by atoms with E-state index in [0.29, 0.717) is 11.4 Å². The van der Waals surface area contributed by atoms with Gasteiger partial charge in [0.25, 0.3) is 11.1 Å². The van der Waals surface area contributed by atoms with Crippen LogP contribution in [0.2, 0.25) is 0 Å². The van der Waals surface area contributed by atoms with Gasteiger partial charge in [-0.15, -0.1) is 0 Å². The normalized spacial score (nSPS) is 11.1. The van der Waals surface area contributed by atoms with E-state index in [0.717, 1.165) is 0 Å². The number of pyridine rings is 2. The lowest BCUT2D eigenvalue weighted by molar-refractivity contribution is 1.19. The molecule has 0 spiro atoms. The van der Waals surface area contributed by atoms with Crippen LogP contribution in [-0.4, -0.2) is 19.9 Å². The maximum absolute atomic E-state index is 12.2. The fourth-order valence-corrected chi connectivity index (χ4v) is 2.46. The molecule has 0 fully saturated rings. The first-order valence-electron chi connectivity index (χ1n) is 6.59. The van der Waals surface area contributed by atoms with E-state index in [1.165, 1.54) is 0 Å². The molecule has 0 saturated heterocycles. The standard InChI is InChI=1S/C16H8N4O2/c21-15-11-12(14(20-15)10-6-2-4-8-18-10)16(22)19-13(11)9-5-1-3-7-17-9/h1-8H. The first-order valence-corrected chi connectivity index (χ1v) is 6.59. The van der Waals surface area contributed by atoms with Gasteiger partial charge in [0.15, 0.2) is 0 Å². The van der Waals surface area contributed by atoms with Gasteiger partial charge in [0.1, 0.15) is 11.4 Å². The van der Waals surface area contributed by atoms with Gasteiger partial charge < -0.3 is 0 Å². The average molecular weight is 288 g/mol. The van der Waals surface area contributed by atoms with Gasteiger partial charge in [-0.2, -0.15) is 0 Å². The van der Waals surface area contributed by atoms with Gasteiger partial charge in [0.2, 0.25) is 0 Å². The van der Waals surface area contributed by atoms with Gasteiger partial charge in [-0.3, -0.25) is 19.6 Å². The van der Waals surface area contributed by atoms with Crippen molar-refractivity contribution < 1.29 is 0 Å². The highest BCUT2D eigenvalue weighted by Crippen LogP contribution is 2.19. The zero-order chi connectivity index (χ0) is 15.1. The van der Waals surface area contributed by atoms with Crippen molar-refractivity contribution in [1.29, 1.82) is 0 Å². The maximum atomic E-state index is 12.2. The van der Waals surface area contributed by atoms with E-state index in [4.69, 9.17) is 0 Å². The second-order valence-electron chi connectivity index (χ2n) is 4.71. The van der Waals surface area contributed by atoms with E-state index in [2.05, 4.69) is 19.9 Å². The van der Waals surface area contributed by atoms with E-state index >= 15 is 0 Å². The Morgan fingerprint density at radius 3 is 1.45 bits per heavy atom. The van der Waals surface area contributed by atoms with Crippen LogP contribution in [0.3, 0.4) is 0 Å². The van der Waals surface area contributed by atoms with Crippen LogP contribution < -0.4 is 11.1 Å². The van der Waals surface area contributed by atoms with E-state index in [1.807, 2.05) is 0 Å². The van der Waals surface area contributed by atoms with Crippen LogP contribution in [0.4, 0.5) is 0 Å². The van der Waals surface area contributed by atoms with Gasteiger partial charge in [0, 0.05) is 12.4 Å². The molecule has 2 aromatic rings. The Labute approximate surface area is 123 Å². The maximum Gasteiger partial charge on any atom is 0.280 e. The van der Waals surface area contributed by atoms with Crippen LogP contribution >= 0.6 is 0 Å². The highest BCUT2D eigenvalue weighted by molar-refractivity contribution is 5.62. The first-order chi connectivity index (χ1) is 10.8. The Balaban J connectivity index is 2.12. The summed E-state index contributed by atoms with van der Waals surface area (Å²) in [5.74, 6) is 0. The Kier molecular flexibility index (Phi) is 2.62. The minimum absolute atomic E-state index is 0.212. The molecule has 0 atom stereocenters. The molecule has 4 heterocycles. The molecule has 104 valence electrons. The van der Waals surface area contributed by atoms with Crippen LogP contribution in [0.25, 0.3) is 22.8 Å². The molecule has 0 saturated carbocycles. The number of nitrogens with zero attached hydrogens (tertiary/aromatic N) is 4. The van der Waals surface area contributed by atoms with Crippen LogP contribution in [0.5, 0.6) is 0 Å². The lowest BCUT2D eigenvalue weighted by atomic mass is 10.2. The number of aromatic nitrogens is 4. The molecular formula is C16H8N4O2. The number of rotatable bonds is 2. The highest BCUT2D eigenvalue weighted by atomic mass is 16.1. The number of hydrogen-bond donors (Lipinski definition) is 0. The van der Waals surface area contributed by atoms with Crippen molar-refractivity contribution >= 4 is 0 Å². The summed E-state index contributed by atoms with van der Waals surface area (Å²) in [6, 6.07) is 10.5. The van der Waals surface area contributed by atoms with Crippen LogP contribution in [-0.2, 0) is 0 Å². The Morgan fingerprint density at radius 2 is 1.09 bits per heavy atom. The minimum atomic E-state index is -0.481. The molecule has 0 aliphatic carbocycles. The zero-order valence-corrected chi connectivity index (χ0v) is 11.2. The van der Waals surface area contributed by atoms with Gasteiger partial charge in [-0.05, 0) is 24.3 Å². The molecule has 2 aliphatic heterocycles. The summed E-state index contributed by atoms with van der Waals surface area (Å²) in [5, 5.41) is 0.425. The van der Waals surface area contributed by atoms with E-state index in [9.17, 15) is 9.59 Å². The molecule has 0 radical (unpaired) electrons. The van der Waals surface area contributed by atoms with Gasteiger partial charge in [0.05, 0.1) is 21.8 Å². The van der Waals surface area contributed by atoms with Crippen LogP contribution in [0, 0.1) is 10.4 Å². The van der Waals surface area contributed by atoms with E-state index < -0.39 is 11.1 Å². The summed E-state index contributed by atoms with van der Waals surface area (Å²) < 4.78 is 0. The highest BCUT2D eigenvalue weighted by Gasteiger charge is 2.20. The third-order valence-electron chi connectivity index (χ3n) is 3.39. The molecule has 0 bridgehead atoms. The quantitative estimate of drug-likeness (QED) is 0.545. The van der Waals surface area contributed by atoms with Gasteiger partial charge >= 0.3 is 0 Å². The van der Waals surface area contributed by atoms with Crippen molar-refractivity contribution in [3.8, 4) is 22.8 Å². The molecule has 0 aromatic carbocycles. The van der Waals surface area contributed by atoms with Gasteiger partial charge in [-0.25, -0.2) is 9.97 Å². The molecule has 0 amide bonds. The molecule has 4 rings (SSSR count). The van der Waals surface area contributed by atoms with Crippen molar-refractivity contribution in [2.45, 2.75) is 0 Å². The molecule has 0 N–H and O–H groups in total. The SMILES string of the molecule is O=c1nc(-c2ccccn2)c2c(=O)nc(-c3ccccn3)c1=2. The Hall–Kier alpha value is -3.28. The van der Waals surface area contributed by atoms with Crippen molar-refractivity contribution in [3.63, 3.8) is 0 Å². The summed E-state index contributed by atoms with van der Waals surface area (Å²) in [6.07, 6.45) is 3.17. The molecule has 6 nitrogen and oxygen atoms in total. The zero-order valence-electron chi connectivity index (χ0n) is 11.2. The van der Waals surface area contributed by atoms with Crippen molar-refractivity contribution in [2.75, 3.05) is 0 Å². The second kappa shape index (κ2) is 4.63. The third-order valence-corrected chi connectivity index (χ3v) is 3.39. The second-order valence-corrected chi connectivity index (χ2v) is 4.71. The third kappa shape index (κ3) is 1.74. The summed E-state index contributed by atoms with van der Waals surface area (Å²) in [4.78, 5) is 40.7. The summed E-state index contributed by atoms with van der Waals surface area (Å²) in [7, 11) is 0. The number of hydrogen-bond acceptors (Lipinski definition) is 6. The lowest BCUT2D eigenvalue weighted by Gasteiger charge is -1.92. The smallest absolute Gasteiger partial charge is 0.267 e. The van der Waals surface area contributed by atoms with Gasteiger partial charge in [-0.1, -0.05) is 12.1 Å². The van der Waals surface area contributed by atoms with Crippen molar-refractivity contribution in [1.82, 2.24) is 19.9 Å². The largest absolute Gasteiger partial charge is 0.280 e. The molecule has 0 unspecified atom stereocenters. The fraction of sp³-hybridized carbons (Fsp3) is 0. The predicted octanol–water partition coefficient (Wildman–Crippen LogP) is 0.921. The van der Waals surface area contributed by atoms with E-state index in [1.54, 1.807) is 48.8 Å². The monoisotopic (exact) mass is 288 g/mol. The Bertz CT molecular complexity index is 1010. The molecular weight excluding hydrogens is 280 g/mol. The Morgan fingerprint density at radius 1 is 0.636 bits per heavy atom. The summed E-state index contributed by atoms with van der Waals surface area (Å²) >= 11 is 0. The predicted molar refractivity (Wildman–Crippen MR) is 78.7 cm³/mol. The molecule has 22 heavy (non-hydrogen) atoms. The molecule has 6 heteroatoms. The topological polar surface area (TPSA) is 85.7 Å². The van der Waals surface area contributed by atoms with Crippen molar-refractivity contribution in [2.24, 2.45) is 0 Å². The van der Waals surface area contributed by atoms with Crippen LogP contribution in [0.1, 0.15) is 0 Å². The molecule has 2 aromatic heterocycles. The summed E-state index contributed by atoms with van der Waals surface area (Å²) in [5.41, 5.74) is 0.552. The van der Waals surface area contributed by atoms with Crippen LogP contribution in [0.15, 0.2) is 58.4 Å².